The number of hydrogen-bond acceptors (Lipinski definition) is 5. The molecule has 0 saturated heterocycles. The number of anilines is 2. The Balaban J connectivity index is 1.72. The number of pyridine rings is 2. The maximum atomic E-state index is 12.6. The smallest absolute Gasteiger partial charge is 0.412 e. The van der Waals surface area contributed by atoms with Crippen molar-refractivity contribution in [2.45, 2.75) is 26.4 Å². The van der Waals surface area contributed by atoms with Crippen molar-refractivity contribution < 1.29 is 14.3 Å². The van der Waals surface area contributed by atoms with Gasteiger partial charge in [-0.05, 0) is 57.2 Å². The monoisotopic (exact) mass is 390 g/mol. The third-order valence-corrected chi connectivity index (χ3v) is 3.79. The van der Waals surface area contributed by atoms with Crippen molar-refractivity contribution in [2.24, 2.45) is 0 Å². The van der Waals surface area contributed by atoms with E-state index >= 15 is 0 Å². The van der Waals surface area contributed by atoms with Crippen LogP contribution in [0.3, 0.4) is 0 Å². The summed E-state index contributed by atoms with van der Waals surface area (Å²) < 4.78 is 5.26. The zero-order valence-electron chi connectivity index (χ0n) is 16.5. The molecule has 2 aromatic heterocycles. The zero-order valence-corrected chi connectivity index (χ0v) is 16.5. The van der Waals surface area contributed by atoms with Crippen LogP contribution in [0.5, 0.6) is 0 Å². The quantitative estimate of drug-likeness (QED) is 0.671. The molecule has 7 nitrogen and oxygen atoms in total. The van der Waals surface area contributed by atoms with Crippen molar-refractivity contribution in [2.75, 3.05) is 10.6 Å². The van der Waals surface area contributed by atoms with Gasteiger partial charge in [0.1, 0.15) is 5.60 Å². The predicted molar refractivity (Wildman–Crippen MR) is 112 cm³/mol. The molecule has 0 bridgehead atoms. The Morgan fingerprint density at radius 1 is 0.897 bits per heavy atom. The molecule has 0 aliphatic rings. The minimum atomic E-state index is -0.621. The molecule has 0 unspecified atom stereocenters. The number of aromatic nitrogens is 2. The van der Waals surface area contributed by atoms with E-state index in [9.17, 15) is 9.59 Å². The molecule has 148 valence electrons. The molecule has 3 aromatic rings. The van der Waals surface area contributed by atoms with Crippen LogP contribution in [0.15, 0.2) is 67.1 Å². The van der Waals surface area contributed by atoms with Crippen LogP contribution >= 0.6 is 0 Å². The van der Waals surface area contributed by atoms with Crippen LogP contribution in [-0.4, -0.2) is 27.6 Å². The Kier molecular flexibility index (Phi) is 5.87. The molecule has 0 saturated carbocycles. The minimum absolute atomic E-state index is 0.339. The molecule has 0 fully saturated rings. The Morgan fingerprint density at radius 2 is 1.62 bits per heavy atom. The zero-order chi connectivity index (χ0) is 20.9. The summed E-state index contributed by atoms with van der Waals surface area (Å²) in [5, 5.41) is 5.45. The van der Waals surface area contributed by atoms with E-state index in [0.717, 1.165) is 11.3 Å². The van der Waals surface area contributed by atoms with E-state index in [1.165, 1.54) is 6.20 Å². The molecule has 0 atom stereocenters. The van der Waals surface area contributed by atoms with Gasteiger partial charge in [0.25, 0.3) is 5.91 Å². The highest BCUT2D eigenvalue weighted by atomic mass is 16.6. The molecule has 0 aliphatic carbocycles. The number of para-hydroxylation sites is 2. The van der Waals surface area contributed by atoms with Crippen LogP contribution in [-0.2, 0) is 4.74 Å². The first-order valence-corrected chi connectivity index (χ1v) is 9.09. The number of hydrogen-bond donors (Lipinski definition) is 2. The molecule has 2 amide bonds. The summed E-state index contributed by atoms with van der Waals surface area (Å²) in [7, 11) is 0. The molecule has 3 rings (SSSR count). The fourth-order valence-corrected chi connectivity index (χ4v) is 2.52. The molecule has 1 aromatic carbocycles. The van der Waals surface area contributed by atoms with Gasteiger partial charge in [-0.15, -0.1) is 0 Å². The van der Waals surface area contributed by atoms with Gasteiger partial charge < -0.3 is 10.1 Å². The first-order chi connectivity index (χ1) is 13.8. The summed E-state index contributed by atoms with van der Waals surface area (Å²) in [4.78, 5) is 33.1. The summed E-state index contributed by atoms with van der Waals surface area (Å²) in [6.45, 7) is 5.34. The number of nitrogens with zero attached hydrogens (tertiary/aromatic N) is 2. The van der Waals surface area contributed by atoms with Gasteiger partial charge in [-0.1, -0.05) is 12.1 Å². The van der Waals surface area contributed by atoms with Gasteiger partial charge in [0, 0.05) is 24.2 Å². The molecule has 7 heteroatoms. The van der Waals surface area contributed by atoms with Gasteiger partial charge in [0.2, 0.25) is 0 Å². The van der Waals surface area contributed by atoms with Gasteiger partial charge >= 0.3 is 6.09 Å². The first-order valence-electron chi connectivity index (χ1n) is 9.09. The molecule has 2 N–H and O–H groups in total. The third-order valence-electron chi connectivity index (χ3n) is 3.79. The van der Waals surface area contributed by atoms with Gasteiger partial charge in [-0.2, -0.15) is 0 Å². The van der Waals surface area contributed by atoms with E-state index < -0.39 is 11.7 Å². The topological polar surface area (TPSA) is 93.2 Å². The highest BCUT2D eigenvalue weighted by Gasteiger charge is 2.18. The number of benzene rings is 1. The van der Waals surface area contributed by atoms with Crippen LogP contribution in [0.4, 0.5) is 16.2 Å². The fourth-order valence-electron chi connectivity index (χ4n) is 2.52. The van der Waals surface area contributed by atoms with Gasteiger partial charge in [0.15, 0.2) is 0 Å². The molecule has 0 aliphatic heterocycles. The molecule has 2 heterocycles. The lowest BCUT2D eigenvalue weighted by Crippen LogP contribution is -2.27. The average Bonchev–Trinajstić information content (AvgIpc) is 2.69. The third kappa shape index (κ3) is 5.62. The van der Waals surface area contributed by atoms with E-state index in [0.29, 0.717) is 16.9 Å². The Bertz CT molecular complexity index is 997. The largest absolute Gasteiger partial charge is 0.444 e. The summed E-state index contributed by atoms with van der Waals surface area (Å²) >= 11 is 0. The molecular formula is C22H22N4O3. The summed E-state index contributed by atoms with van der Waals surface area (Å²) in [6.07, 6.45) is 4.30. The summed E-state index contributed by atoms with van der Waals surface area (Å²) in [5.41, 5.74) is 2.26. The lowest BCUT2D eigenvalue weighted by atomic mass is 10.1. The predicted octanol–water partition coefficient (Wildman–Crippen LogP) is 4.74. The Labute approximate surface area is 169 Å². The van der Waals surface area contributed by atoms with Crippen LogP contribution in [0, 0.1) is 0 Å². The number of carbonyl (C=O) groups excluding carboxylic acids is 2. The highest BCUT2D eigenvalue weighted by molar-refractivity contribution is 6.06. The Morgan fingerprint density at radius 3 is 2.21 bits per heavy atom. The van der Waals surface area contributed by atoms with E-state index in [-0.39, 0.29) is 5.91 Å². The minimum Gasteiger partial charge on any atom is -0.444 e. The molecular weight excluding hydrogens is 368 g/mol. The van der Waals surface area contributed by atoms with Crippen molar-refractivity contribution >= 4 is 23.4 Å². The van der Waals surface area contributed by atoms with Crippen LogP contribution < -0.4 is 10.6 Å². The van der Waals surface area contributed by atoms with Crippen molar-refractivity contribution in [1.82, 2.24) is 9.97 Å². The summed E-state index contributed by atoms with van der Waals surface area (Å²) in [5.74, 6) is -0.339. The van der Waals surface area contributed by atoms with Gasteiger partial charge in [0.05, 0.1) is 22.6 Å². The lowest BCUT2D eigenvalue weighted by Gasteiger charge is -2.20. The second-order valence-corrected chi connectivity index (χ2v) is 7.30. The van der Waals surface area contributed by atoms with Gasteiger partial charge in [-0.3, -0.25) is 20.1 Å². The Hall–Kier alpha value is -3.74. The van der Waals surface area contributed by atoms with Crippen LogP contribution in [0.25, 0.3) is 11.3 Å². The van der Waals surface area contributed by atoms with Crippen LogP contribution in [0.2, 0.25) is 0 Å². The van der Waals surface area contributed by atoms with Crippen molar-refractivity contribution in [1.29, 1.82) is 0 Å². The van der Waals surface area contributed by atoms with Gasteiger partial charge in [-0.25, -0.2) is 4.79 Å². The van der Waals surface area contributed by atoms with Crippen LogP contribution in [0.1, 0.15) is 31.1 Å². The number of amides is 2. The normalized spacial score (nSPS) is 10.9. The van der Waals surface area contributed by atoms with Crippen molar-refractivity contribution in [3.63, 3.8) is 0 Å². The van der Waals surface area contributed by atoms with Crippen molar-refractivity contribution in [3.8, 4) is 11.3 Å². The van der Waals surface area contributed by atoms with E-state index in [1.807, 2.05) is 12.1 Å². The average molecular weight is 390 g/mol. The number of ether oxygens (including phenoxy) is 1. The molecule has 0 spiro atoms. The second kappa shape index (κ2) is 8.52. The second-order valence-electron chi connectivity index (χ2n) is 7.30. The van der Waals surface area contributed by atoms with E-state index in [1.54, 1.807) is 69.6 Å². The molecule has 29 heavy (non-hydrogen) atoms. The van der Waals surface area contributed by atoms with E-state index in [2.05, 4.69) is 20.6 Å². The fraction of sp³-hybridized carbons (Fsp3) is 0.182. The highest BCUT2D eigenvalue weighted by Crippen LogP contribution is 2.23. The standard InChI is InChI=1S/C22H22N4O3/c1-22(2,3)29-21(28)26-19-9-5-4-8-18(19)25-20(27)16-10-11-17(24-14-16)15-7-6-12-23-13-15/h4-14H,1-3H3,(H,25,27)(H,26,28). The van der Waals surface area contributed by atoms with E-state index in [4.69, 9.17) is 4.74 Å². The maximum absolute atomic E-state index is 12.6. The SMILES string of the molecule is CC(C)(C)OC(=O)Nc1ccccc1NC(=O)c1ccc(-c2cccnc2)nc1. The summed E-state index contributed by atoms with van der Waals surface area (Å²) in [6, 6.07) is 14.1. The number of rotatable bonds is 4. The first kappa shape index (κ1) is 20.0. The number of carbonyl (C=O) groups is 2. The molecule has 0 radical (unpaired) electrons. The lowest BCUT2D eigenvalue weighted by molar-refractivity contribution is 0.0635. The van der Waals surface area contributed by atoms with Crippen molar-refractivity contribution in [3.05, 3.63) is 72.7 Å². The maximum Gasteiger partial charge on any atom is 0.412 e. The number of nitrogens with one attached hydrogen (secondary N) is 2.